The molecule has 8 heteroatoms. The minimum atomic E-state index is -0.305. The summed E-state index contributed by atoms with van der Waals surface area (Å²) >= 11 is 1.29. The number of ether oxygens (including phenoxy) is 1. The van der Waals surface area contributed by atoms with Gasteiger partial charge in [0.2, 0.25) is 5.91 Å². The smallest absolute Gasteiger partial charge is 0.276 e. The number of amides is 2. The molecule has 4 rings (SSSR count). The zero-order valence-corrected chi connectivity index (χ0v) is 14.6. The number of hydrogen-bond acceptors (Lipinski definition) is 6. The highest BCUT2D eigenvalue weighted by Crippen LogP contribution is 2.29. The fourth-order valence-electron chi connectivity index (χ4n) is 2.72. The molecule has 0 aromatic heterocycles. The van der Waals surface area contributed by atoms with E-state index >= 15 is 0 Å². The molecule has 7 nitrogen and oxygen atoms in total. The molecule has 0 aliphatic carbocycles. The van der Waals surface area contributed by atoms with Crippen LogP contribution in [-0.4, -0.2) is 35.6 Å². The molecule has 0 bridgehead atoms. The van der Waals surface area contributed by atoms with Crippen LogP contribution in [0, 0.1) is 0 Å². The molecule has 1 fully saturated rings. The van der Waals surface area contributed by atoms with Gasteiger partial charge in [-0.2, -0.15) is 0 Å². The number of anilines is 2. The highest BCUT2D eigenvalue weighted by Gasteiger charge is 2.31. The zero-order valence-electron chi connectivity index (χ0n) is 13.8. The van der Waals surface area contributed by atoms with Crippen molar-refractivity contribution in [2.75, 3.05) is 23.1 Å². The maximum Gasteiger partial charge on any atom is 0.276 e. The Hall–Kier alpha value is -3.13. The monoisotopic (exact) mass is 366 g/mol. The maximum atomic E-state index is 12.3. The van der Waals surface area contributed by atoms with Crippen molar-refractivity contribution in [1.29, 1.82) is 0 Å². The third-order valence-corrected chi connectivity index (χ3v) is 4.89. The third kappa shape index (κ3) is 2.84. The molecule has 2 aliphatic rings. The molecule has 2 aromatic carbocycles. The fourth-order valence-corrected chi connectivity index (χ4v) is 3.53. The van der Waals surface area contributed by atoms with Crippen molar-refractivity contribution in [3.63, 3.8) is 0 Å². The molecule has 0 atom stereocenters. The van der Waals surface area contributed by atoms with E-state index in [1.165, 1.54) is 16.7 Å². The Morgan fingerprint density at radius 3 is 2.62 bits per heavy atom. The Bertz CT molecular complexity index is 953. The minimum Gasteiger partial charge on any atom is -0.497 e. The third-order valence-electron chi connectivity index (χ3n) is 3.98. The van der Waals surface area contributed by atoms with Gasteiger partial charge >= 0.3 is 0 Å². The first-order valence-corrected chi connectivity index (χ1v) is 8.82. The molecular weight excluding hydrogens is 352 g/mol. The first kappa shape index (κ1) is 16.3. The number of hydrogen-bond donors (Lipinski definition) is 1. The van der Waals surface area contributed by atoms with E-state index in [1.54, 1.807) is 43.5 Å². The SMILES string of the molecule is COc1ccc(N2C(=O)CS/C2=N/N=C2\C(=O)Nc3ccccc32)cc1. The van der Waals surface area contributed by atoms with Gasteiger partial charge in [-0.05, 0) is 30.3 Å². The molecule has 0 radical (unpaired) electrons. The molecule has 0 spiro atoms. The van der Waals surface area contributed by atoms with E-state index < -0.39 is 0 Å². The quantitative estimate of drug-likeness (QED) is 0.846. The number of carbonyl (C=O) groups is 2. The zero-order chi connectivity index (χ0) is 18.1. The number of amidine groups is 1. The van der Waals surface area contributed by atoms with Crippen LogP contribution in [-0.2, 0) is 9.59 Å². The van der Waals surface area contributed by atoms with E-state index in [2.05, 4.69) is 15.5 Å². The molecule has 2 aliphatic heterocycles. The van der Waals surface area contributed by atoms with Crippen molar-refractivity contribution >= 4 is 45.8 Å². The lowest BCUT2D eigenvalue weighted by molar-refractivity contribution is -0.115. The topological polar surface area (TPSA) is 83.4 Å². The van der Waals surface area contributed by atoms with Crippen LogP contribution in [0.1, 0.15) is 5.56 Å². The average Bonchev–Trinajstić information content (AvgIpc) is 3.19. The molecule has 0 unspecified atom stereocenters. The van der Waals surface area contributed by atoms with Crippen molar-refractivity contribution < 1.29 is 14.3 Å². The predicted octanol–water partition coefficient (Wildman–Crippen LogP) is 2.49. The second kappa shape index (κ2) is 6.64. The number of benzene rings is 2. The summed E-state index contributed by atoms with van der Waals surface area (Å²) in [5.41, 5.74) is 2.32. The first-order valence-electron chi connectivity index (χ1n) is 7.83. The summed E-state index contributed by atoms with van der Waals surface area (Å²) in [7, 11) is 1.58. The molecule has 0 saturated carbocycles. The van der Waals surface area contributed by atoms with E-state index in [9.17, 15) is 9.59 Å². The van der Waals surface area contributed by atoms with Crippen LogP contribution >= 0.6 is 11.8 Å². The Morgan fingerprint density at radius 1 is 1.08 bits per heavy atom. The number of nitrogens with one attached hydrogen (secondary N) is 1. The van der Waals surface area contributed by atoms with E-state index in [0.29, 0.717) is 27.9 Å². The van der Waals surface area contributed by atoms with Crippen molar-refractivity contribution in [3.8, 4) is 5.75 Å². The molecule has 2 amide bonds. The summed E-state index contributed by atoms with van der Waals surface area (Å²) < 4.78 is 5.14. The summed E-state index contributed by atoms with van der Waals surface area (Å²) in [6.45, 7) is 0. The van der Waals surface area contributed by atoms with E-state index in [4.69, 9.17) is 4.74 Å². The van der Waals surface area contributed by atoms with Crippen LogP contribution in [0.3, 0.4) is 0 Å². The van der Waals surface area contributed by atoms with Gasteiger partial charge in [-0.25, -0.2) is 0 Å². The Morgan fingerprint density at radius 2 is 1.85 bits per heavy atom. The second-order valence-corrected chi connectivity index (χ2v) is 6.49. The first-order chi connectivity index (χ1) is 12.7. The van der Waals surface area contributed by atoms with Gasteiger partial charge in [-0.3, -0.25) is 14.5 Å². The van der Waals surface area contributed by atoms with Gasteiger partial charge in [0, 0.05) is 5.56 Å². The predicted molar refractivity (Wildman–Crippen MR) is 102 cm³/mol. The molecule has 2 heterocycles. The highest BCUT2D eigenvalue weighted by atomic mass is 32.2. The van der Waals surface area contributed by atoms with Gasteiger partial charge in [-0.1, -0.05) is 30.0 Å². The minimum absolute atomic E-state index is 0.0876. The van der Waals surface area contributed by atoms with Crippen LogP contribution in [0.2, 0.25) is 0 Å². The number of thioether (sulfide) groups is 1. The second-order valence-electron chi connectivity index (χ2n) is 5.55. The molecule has 26 heavy (non-hydrogen) atoms. The van der Waals surface area contributed by atoms with Gasteiger partial charge in [-0.15, -0.1) is 10.2 Å². The van der Waals surface area contributed by atoms with Crippen LogP contribution in [0.15, 0.2) is 58.7 Å². The van der Waals surface area contributed by atoms with Crippen molar-refractivity contribution in [2.45, 2.75) is 0 Å². The maximum absolute atomic E-state index is 12.3. The summed E-state index contributed by atoms with van der Waals surface area (Å²) in [5.74, 6) is 0.584. The van der Waals surface area contributed by atoms with Crippen LogP contribution in [0.5, 0.6) is 5.75 Å². The van der Waals surface area contributed by atoms with Crippen LogP contribution in [0.25, 0.3) is 0 Å². The molecule has 1 saturated heterocycles. The van der Waals surface area contributed by atoms with Gasteiger partial charge in [0.15, 0.2) is 10.9 Å². The number of carbonyl (C=O) groups excluding carboxylic acids is 2. The Labute approximate surface area is 153 Å². The van der Waals surface area contributed by atoms with Gasteiger partial charge in [0.1, 0.15) is 5.75 Å². The summed E-state index contributed by atoms with van der Waals surface area (Å²) in [6, 6.07) is 14.4. The lowest BCUT2D eigenvalue weighted by Gasteiger charge is -2.15. The van der Waals surface area contributed by atoms with Gasteiger partial charge in [0.05, 0.1) is 24.2 Å². The summed E-state index contributed by atoms with van der Waals surface area (Å²) in [6.07, 6.45) is 0. The molecule has 130 valence electrons. The fraction of sp³-hybridized carbons (Fsp3) is 0.111. The Balaban J connectivity index is 1.67. The lowest BCUT2D eigenvalue weighted by atomic mass is 10.1. The number of rotatable bonds is 3. The highest BCUT2D eigenvalue weighted by molar-refractivity contribution is 8.15. The van der Waals surface area contributed by atoms with E-state index in [-0.39, 0.29) is 23.3 Å². The average molecular weight is 366 g/mol. The summed E-state index contributed by atoms with van der Waals surface area (Å²) in [5, 5.41) is 11.5. The lowest BCUT2D eigenvalue weighted by Crippen LogP contribution is -2.29. The molecule has 2 aromatic rings. The number of fused-ring (bicyclic) bond motifs is 1. The number of nitrogens with zero attached hydrogens (tertiary/aromatic N) is 3. The standard InChI is InChI=1S/C18H14N4O3S/c1-25-12-8-6-11(7-9-12)22-15(23)10-26-18(22)21-20-16-13-4-2-3-5-14(13)19-17(16)24/h2-9H,10H2,1H3,(H,19,20,24)/b21-18+. The Kier molecular flexibility index (Phi) is 4.18. The van der Waals surface area contributed by atoms with Crippen molar-refractivity contribution in [3.05, 3.63) is 54.1 Å². The number of methoxy groups -OCH3 is 1. The van der Waals surface area contributed by atoms with Crippen LogP contribution in [0.4, 0.5) is 11.4 Å². The molecular formula is C18H14N4O3S. The van der Waals surface area contributed by atoms with E-state index in [0.717, 1.165) is 0 Å². The van der Waals surface area contributed by atoms with Gasteiger partial charge < -0.3 is 10.1 Å². The largest absolute Gasteiger partial charge is 0.497 e. The summed E-state index contributed by atoms with van der Waals surface area (Å²) in [4.78, 5) is 25.9. The number of para-hydroxylation sites is 1. The van der Waals surface area contributed by atoms with E-state index in [1.807, 2.05) is 12.1 Å². The van der Waals surface area contributed by atoms with Crippen molar-refractivity contribution in [1.82, 2.24) is 0 Å². The molecule has 1 N–H and O–H groups in total. The van der Waals surface area contributed by atoms with Crippen LogP contribution < -0.4 is 15.0 Å². The van der Waals surface area contributed by atoms with Gasteiger partial charge in [0.25, 0.3) is 5.91 Å². The normalized spacial score (nSPS) is 19.2. The van der Waals surface area contributed by atoms with Crippen molar-refractivity contribution in [2.24, 2.45) is 10.2 Å².